The molecule has 0 fully saturated rings. The van der Waals surface area contributed by atoms with Gasteiger partial charge in [-0.15, -0.1) is 0 Å². The van der Waals surface area contributed by atoms with Crippen molar-refractivity contribution < 1.29 is 33.3 Å². The maximum absolute atomic E-state index is 12.1. The summed E-state index contributed by atoms with van der Waals surface area (Å²) in [5.41, 5.74) is 0.353. The van der Waals surface area contributed by atoms with Crippen molar-refractivity contribution in [2.45, 2.75) is 0 Å². The number of hydrogen-bond acceptors (Lipinski definition) is 7. The van der Waals surface area contributed by atoms with Crippen LogP contribution in [0.25, 0.3) is 0 Å². The molecule has 0 aliphatic carbocycles. The van der Waals surface area contributed by atoms with Crippen LogP contribution in [0, 0.1) is 0 Å². The molecular formula is C19H20O7. The van der Waals surface area contributed by atoms with Gasteiger partial charge in [-0.05, 0) is 42.5 Å². The zero-order valence-electron chi connectivity index (χ0n) is 14.8. The molecule has 2 aromatic carbocycles. The second kappa shape index (κ2) is 9.31. The van der Waals surface area contributed by atoms with Crippen LogP contribution < -0.4 is 18.9 Å². The maximum Gasteiger partial charge on any atom is 0.344 e. The molecule has 7 nitrogen and oxygen atoms in total. The standard InChI is InChI=1S/C19H20O7/c1-22-14-5-7-15(8-6-14)25-12-19(21)26-11-16(20)13-4-9-17(23-2)18(10-13)24-3/h4-10H,11-12H2,1-3H3. The quantitative estimate of drug-likeness (QED) is 0.502. The Morgan fingerprint density at radius 1 is 0.769 bits per heavy atom. The molecule has 0 heterocycles. The van der Waals surface area contributed by atoms with Crippen LogP contribution in [0.15, 0.2) is 42.5 Å². The van der Waals surface area contributed by atoms with Crippen molar-refractivity contribution in [2.24, 2.45) is 0 Å². The zero-order chi connectivity index (χ0) is 18.9. The molecule has 0 aromatic heterocycles. The summed E-state index contributed by atoms with van der Waals surface area (Å²) in [5.74, 6) is 1.11. The first-order chi connectivity index (χ1) is 12.6. The summed E-state index contributed by atoms with van der Waals surface area (Å²) in [6.45, 7) is -0.689. The van der Waals surface area contributed by atoms with Gasteiger partial charge in [-0.1, -0.05) is 0 Å². The fourth-order valence-electron chi connectivity index (χ4n) is 2.09. The highest BCUT2D eigenvalue weighted by Gasteiger charge is 2.13. The van der Waals surface area contributed by atoms with E-state index in [4.69, 9.17) is 23.7 Å². The van der Waals surface area contributed by atoms with Gasteiger partial charge < -0.3 is 23.7 Å². The first-order valence-corrected chi connectivity index (χ1v) is 7.75. The summed E-state index contributed by atoms with van der Waals surface area (Å²) < 4.78 is 25.5. The number of rotatable bonds is 9. The van der Waals surface area contributed by atoms with E-state index in [2.05, 4.69) is 0 Å². The maximum atomic E-state index is 12.1. The van der Waals surface area contributed by atoms with Gasteiger partial charge in [0.15, 0.2) is 30.5 Å². The van der Waals surface area contributed by atoms with Crippen LogP contribution in [-0.4, -0.2) is 46.3 Å². The Hall–Kier alpha value is -3.22. The number of carbonyl (C=O) groups excluding carboxylic acids is 2. The minimum atomic E-state index is -0.644. The lowest BCUT2D eigenvalue weighted by molar-refractivity contribution is -0.144. The summed E-state index contributed by atoms with van der Waals surface area (Å²) >= 11 is 0. The first-order valence-electron chi connectivity index (χ1n) is 7.75. The molecule has 0 unspecified atom stereocenters. The Balaban J connectivity index is 1.83. The van der Waals surface area contributed by atoms with Gasteiger partial charge in [-0.25, -0.2) is 4.79 Å². The Kier molecular flexibility index (Phi) is 6.84. The normalized spacial score (nSPS) is 9.96. The van der Waals surface area contributed by atoms with Gasteiger partial charge in [-0.3, -0.25) is 4.79 Å². The summed E-state index contributed by atoms with van der Waals surface area (Å²) in [6, 6.07) is 11.5. The van der Waals surface area contributed by atoms with Gasteiger partial charge >= 0.3 is 5.97 Å². The molecule has 2 rings (SSSR count). The number of ether oxygens (including phenoxy) is 5. The molecule has 26 heavy (non-hydrogen) atoms. The second-order valence-electron chi connectivity index (χ2n) is 5.12. The molecular weight excluding hydrogens is 340 g/mol. The number of Topliss-reactive ketones (excluding diaryl/α,β-unsaturated/α-hetero) is 1. The predicted molar refractivity (Wildman–Crippen MR) is 93.3 cm³/mol. The Morgan fingerprint density at radius 3 is 2.04 bits per heavy atom. The van der Waals surface area contributed by atoms with E-state index in [1.165, 1.54) is 20.3 Å². The van der Waals surface area contributed by atoms with Crippen molar-refractivity contribution in [3.63, 3.8) is 0 Å². The van der Waals surface area contributed by atoms with E-state index in [1.807, 2.05) is 0 Å². The highest BCUT2D eigenvalue weighted by molar-refractivity contribution is 5.98. The molecule has 2 aromatic rings. The first kappa shape index (κ1) is 19.1. The fraction of sp³-hybridized carbons (Fsp3) is 0.263. The zero-order valence-corrected chi connectivity index (χ0v) is 14.8. The lowest BCUT2D eigenvalue weighted by Crippen LogP contribution is -2.19. The SMILES string of the molecule is COc1ccc(OCC(=O)OCC(=O)c2ccc(OC)c(OC)c2)cc1. The minimum Gasteiger partial charge on any atom is -0.497 e. The average Bonchev–Trinajstić information content (AvgIpc) is 2.70. The molecule has 138 valence electrons. The van der Waals surface area contributed by atoms with Crippen LogP contribution in [-0.2, 0) is 9.53 Å². The Labute approximate surface area is 151 Å². The lowest BCUT2D eigenvalue weighted by Gasteiger charge is -2.10. The lowest BCUT2D eigenvalue weighted by atomic mass is 10.1. The summed E-state index contributed by atoms with van der Waals surface area (Å²) in [7, 11) is 4.54. The van der Waals surface area contributed by atoms with Crippen LogP contribution in [0.3, 0.4) is 0 Å². The number of methoxy groups -OCH3 is 3. The van der Waals surface area contributed by atoms with Gasteiger partial charge in [0.25, 0.3) is 0 Å². The van der Waals surface area contributed by atoms with Crippen LogP contribution in [0.4, 0.5) is 0 Å². The summed E-state index contributed by atoms with van der Waals surface area (Å²) in [6.07, 6.45) is 0. The fourth-order valence-corrected chi connectivity index (χ4v) is 2.09. The molecule has 0 aliphatic heterocycles. The van der Waals surface area contributed by atoms with Crippen molar-refractivity contribution in [1.82, 2.24) is 0 Å². The number of hydrogen-bond donors (Lipinski definition) is 0. The van der Waals surface area contributed by atoms with Crippen molar-refractivity contribution in [3.05, 3.63) is 48.0 Å². The number of carbonyl (C=O) groups is 2. The third-order valence-corrected chi connectivity index (χ3v) is 3.49. The molecule has 0 atom stereocenters. The molecule has 0 aliphatic rings. The van der Waals surface area contributed by atoms with Crippen LogP contribution in [0.5, 0.6) is 23.0 Å². The van der Waals surface area contributed by atoms with Crippen LogP contribution in [0.1, 0.15) is 10.4 Å². The summed E-state index contributed by atoms with van der Waals surface area (Å²) in [5, 5.41) is 0. The van der Waals surface area contributed by atoms with Gasteiger partial charge in [0.2, 0.25) is 0 Å². The third kappa shape index (κ3) is 5.14. The van der Waals surface area contributed by atoms with Gasteiger partial charge in [0.05, 0.1) is 21.3 Å². The van der Waals surface area contributed by atoms with Crippen molar-refractivity contribution in [1.29, 1.82) is 0 Å². The average molecular weight is 360 g/mol. The van der Waals surface area contributed by atoms with Gasteiger partial charge in [0.1, 0.15) is 11.5 Å². The van der Waals surface area contributed by atoms with Crippen molar-refractivity contribution >= 4 is 11.8 Å². The molecule has 0 N–H and O–H groups in total. The topological polar surface area (TPSA) is 80.3 Å². The monoisotopic (exact) mass is 360 g/mol. The van der Waals surface area contributed by atoms with E-state index in [0.717, 1.165) is 0 Å². The van der Waals surface area contributed by atoms with E-state index in [0.29, 0.717) is 28.6 Å². The molecule has 0 radical (unpaired) electrons. The van der Waals surface area contributed by atoms with Crippen LogP contribution >= 0.6 is 0 Å². The number of ketones is 1. The highest BCUT2D eigenvalue weighted by atomic mass is 16.6. The van der Waals surface area contributed by atoms with Gasteiger partial charge in [-0.2, -0.15) is 0 Å². The predicted octanol–water partition coefficient (Wildman–Crippen LogP) is 2.52. The largest absolute Gasteiger partial charge is 0.497 e. The molecule has 7 heteroatoms. The van der Waals surface area contributed by atoms with E-state index in [1.54, 1.807) is 43.5 Å². The minimum absolute atomic E-state index is 0.300. The van der Waals surface area contributed by atoms with E-state index in [-0.39, 0.29) is 19.0 Å². The van der Waals surface area contributed by atoms with Crippen molar-refractivity contribution in [3.8, 4) is 23.0 Å². The van der Waals surface area contributed by atoms with E-state index < -0.39 is 5.97 Å². The molecule has 0 spiro atoms. The highest BCUT2D eigenvalue weighted by Crippen LogP contribution is 2.27. The van der Waals surface area contributed by atoms with Crippen LogP contribution in [0.2, 0.25) is 0 Å². The molecule has 0 amide bonds. The Morgan fingerprint density at radius 2 is 1.42 bits per heavy atom. The Bertz CT molecular complexity index is 753. The number of esters is 1. The third-order valence-electron chi connectivity index (χ3n) is 3.49. The molecule has 0 bridgehead atoms. The number of benzene rings is 2. The van der Waals surface area contributed by atoms with E-state index in [9.17, 15) is 9.59 Å². The smallest absolute Gasteiger partial charge is 0.344 e. The summed E-state index contributed by atoms with van der Waals surface area (Å²) in [4.78, 5) is 23.9. The van der Waals surface area contributed by atoms with Gasteiger partial charge in [0, 0.05) is 5.56 Å². The second-order valence-corrected chi connectivity index (χ2v) is 5.12. The van der Waals surface area contributed by atoms with Crippen molar-refractivity contribution in [2.75, 3.05) is 34.5 Å². The molecule has 0 saturated heterocycles. The van der Waals surface area contributed by atoms with E-state index >= 15 is 0 Å². The molecule has 0 saturated carbocycles.